The number of hydrogen-bond donors (Lipinski definition) is 3. The first-order valence-electron chi connectivity index (χ1n) is 8.00. The Kier molecular flexibility index (Phi) is 4.92. The van der Waals surface area contributed by atoms with Crippen molar-refractivity contribution in [2.24, 2.45) is 5.73 Å². The minimum Gasteiger partial charge on any atom is -0.492 e. The molecular weight excluding hydrogens is 292 g/mol. The van der Waals surface area contributed by atoms with E-state index in [1.807, 2.05) is 24.3 Å². The molecule has 2 aromatic rings. The molecule has 0 aliphatic heterocycles. The van der Waals surface area contributed by atoms with Crippen molar-refractivity contribution >= 4 is 5.91 Å². The predicted octanol–water partition coefficient (Wildman–Crippen LogP) is 1.09. The van der Waals surface area contributed by atoms with E-state index in [1.54, 1.807) is 0 Å². The quantitative estimate of drug-likeness (QED) is 0.713. The van der Waals surface area contributed by atoms with E-state index in [-0.39, 0.29) is 5.91 Å². The van der Waals surface area contributed by atoms with E-state index in [0.717, 1.165) is 29.8 Å². The Morgan fingerprint density at radius 2 is 2.13 bits per heavy atom. The van der Waals surface area contributed by atoms with Crippen LogP contribution in [0.25, 0.3) is 0 Å². The van der Waals surface area contributed by atoms with Crippen LogP contribution >= 0.6 is 0 Å². The Morgan fingerprint density at radius 1 is 1.30 bits per heavy atom. The van der Waals surface area contributed by atoms with E-state index in [0.29, 0.717) is 26.1 Å². The SMILES string of the molecule is NCCOc1ccc(CC(=O)NCc2n[nH]c3c2CCC3)cc1. The second-order valence-electron chi connectivity index (χ2n) is 5.72. The maximum absolute atomic E-state index is 12.1. The summed E-state index contributed by atoms with van der Waals surface area (Å²) in [7, 11) is 0. The van der Waals surface area contributed by atoms with Gasteiger partial charge in [0.15, 0.2) is 0 Å². The summed E-state index contributed by atoms with van der Waals surface area (Å²) in [4.78, 5) is 12.1. The molecule has 0 fully saturated rings. The highest BCUT2D eigenvalue weighted by Gasteiger charge is 2.18. The molecule has 0 atom stereocenters. The molecule has 122 valence electrons. The fourth-order valence-corrected chi connectivity index (χ4v) is 2.84. The highest BCUT2D eigenvalue weighted by atomic mass is 16.5. The van der Waals surface area contributed by atoms with Gasteiger partial charge in [-0.15, -0.1) is 0 Å². The number of ether oxygens (including phenoxy) is 1. The number of fused-ring (bicyclic) bond motifs is 1. The molecule has 0 spiro atoms. The largest absolute Gasteiger partial charge is 0.492 e. The number of hydrogen-bond acceptors (Lipinski definition) is 4. The molecule has 6 heteroatoms. The average molecular weight is 314 g/mol. The molecule has 0 unspecified atom stereocenters. The van der Waals surface area contributed by atoms with Gasteiger partial charge in [-0.25, -0.2) is 0 Å². The number of nitrogens with two attached hydrogens (primary N) is 1. The summed E-state index contributed by atoms with van der Waals surface area (Å²) >= 11 is 0. The number of aromatic nitrogens is 2. The zero-order valence-corrected chi connectivity index (χ0v) is 13.1. The molecular formula is C17H22N4O2. The average Bonchev–Trinajstić information content (AvgIpc) is 3.16. The van der Waals surface area contributed by atoms with Crippen molar-refractivity contribution in [3.8, 4) is 5.75 Å². The molecule has 0 saturated heterocycles. The maximum Gasteiger partial charge on any atom is 0.224 e. The number of nitrogens with zero attached hydrogens (tertiary/aromatic N) is 1. The smallest absolute Gasteiger partial charge is 0.224 e. The Hall–Kier alpha value is -2.34. The zero-order valence-electron chi connectivity index (χ0n) is 13.1. The van der Waals surface area contributed by atoms with Gasteiger partial charge in [-0.05, 0) is 42.5 Å². The summed E-state index contributed by atoms with van der Waals surface area (Å²) in [6, 6.07) is 7.52. The Bertz CT molecular complexity index is 664. The van der Waals surface area contributed by atoms with Crippen molar-refractivity contribution < 1.29 is 9.53 Å². The van der Waals surface area contributed by atoms with Crippen LogP contribution in [0.15, 0.2) is 24.3 Å². The third-order valence-electron chi connectivity index (χ3n) is 4.02. The van der Waals surface area contributed by atoms with E-state index in [1.165, 1.54) is 17.7 Å². The van der Waals surface area contributed by atoms with Crippen LogP contribution in [-0.2, 0) is 30.6 Å². The minimum atomic E-state index is -0.00428. The van der Waals surface area contributed by atoms with Crippen LogP contribution in [0.2, 0.25) is 0 Å². The first-order chi connectivity index (χ1) is 11.3. The van der Waals surface area contributed by atoms with Crippen LogP contribution in [0.5, 0.6) is 5.75 Å². The number of carbonyl (C=O) groups excluding carboxylic acids is 1. The van der Waals surface area contributed by atoms with Gasteiger partial charge in [0.25, 0.3) is 0 Å². The van der Waals surface area contributed by atoms with Crippen LogP contribution in [-0.4, -0.2) is 29.3 Å². The summed E-state index contributed by atoms with van der Waals surface area (Å²) in [5.74, 6) is 0.766. The van der Waals surface area contributed by atoms with E-state index in [2.05, 4.69) is 15.5 Å². The first-order valence-corrected chi connectivity index (χ1v) is 8.00. The second-order valence-corrected chi connectivity index (χ2v) is 5.72. The lowest BCUT2D eigenvalue weighted by atomic mass is 10.1. The van der Waals surface area contributed by atoms with Crippen LogP contribution in [0.1, 0.15) is 28.9 Å². The molecule has 3 rings (SSSR count). The van der Waals surface area contributed by atoms with Crippen molar-refractivity contribution in [2.45, 2.75) is 32.2 Å². The summed E-state index contributed by atoms with van der Waals surface area (Å²) in [5, 5.41) is 10.3. The molecule has 1 aromatic carbocycles. The van der Waals surface area contributed by atoms with Crippen molar-refractivity contribution in [1.29, 1.82) is 0 Å². The molecule has 23 heavy (non-hydrogen) atoms. The van der Waals surface area contributed by atoms with Crippen LogP contribution in [0.4, 0.5) is 0 Å². The highest BCUT2D eigenvalue weighted by Crippen LogP contribution is 2.22. The van der Waals surface area contributed by atoms with Crippen LogP contribution in [0.3, 0.4) is 0 Å². The third kappa shape index (κ3) is 3.90. The number of rotatable bonds is 7. The van der Waals surface area contributed by atoms with E-state index in [9.17, 15) is 4.79 Å². The van der Waals surface area contributed by atoms with Crippen molar-refractivity contribution in [3.63, 3.8) is 0 Å². The van der Waals surface area contributed by atoms with Gasteiger partial charge >= 0.3 is 0 Å². The molecule has 1 heterocycles. The van der Waals surface area contributed by atoms with Gasteiger partial charge in [0.2, 0.25) is 5.91 Å². The summed E-state index contributed by atoms with van der Waals surface area (Å²) in [5.41, 5.74) is 9.83. The Labute approximate surface area is 135 Å². The lowest BCUT2D eigenvalue weighted by molar-refractivity contribution is -0.120. The fraction of sp³-hybridized carbons (Fsp3) is 0.412. The van der Waals surface area contributed by atoms with Crippen molar-refractivity contribution in [1.82, 2.24) is 15.5 Å². The zero-order chi connectivity index (χ0) is 16.1. The lowest BCUT2D eigenvalue weighted by Gasteiger charge is -2.07. The number of carbonyl (C=O) groups is 1. The number of H-pyrrole nitrogens is 1. The van der Waals surface area contributed by atoms with Crippen molar-refractivity contribution in [2.75, 3.05) is 13.2 Å². The Morgan fingerprint density at radius 3 is 2.91 bits per heavy atom. The monoisotopic (exact) mass is 314 g/mol. The van der Waals surface area contributed by atoms with Gasteiger partial charge < -0.3 is 15.8 Å². The van der Waals surface area contributed by atoms with E-state index in [4.69, 9.17) is 10.5 Å². The molecule has 4 N–H and O–H groups in total. The van der Waals surface area contributed by atoms with Gasteiger partial charge in [0, 0.05) is 12.2 Å². The molecule has 0 radical (unpaired) electrons. The standard InChI is InChI=1S/C17H22N4O2/c18-8-9-23-13-6-4-12(5-7-13)10-17(22)19-11-16-14-2-1-3-15(14)20-21-16/h4-7H,1-3,8-11,18H2,(H,19,22)(H,20,21). The van der Waals surface area contributed by atoms with Gasteiger partial charge in [-0.3, -0.25) is 9.89 Å². The third-order valence-corrected chi connectivity index (χ3v) is 4.02. The van der Waals surface area contributed by atoms with E-state index < -0.39 is 0 Å². The minimum absolute atomic E-state index is 0.00428. The molecule has 1 amide bonds. The Balaban J connectivity index is 1.49. The predicted molar refractivity (Wildman–Crippen MR) is 87.2 cm³/mol. The molecule has 1 aliphatic carbocycles. The number of nitrogens with one attached hydrogen (secondary N) is 2. The molecule has 1 aliphatic rings. The van der Waals surface area contributed by atoms with Gasteiger partial charge in [-0.1, -0.05) is 12.1 Å². The summed E-state index contributed by atoms with van der Waals surface area (Å²) in [6.45, 7) is 1.47. The first kappa shape index (κ1) is 15.6. The lowest BCUT2D eigenvalue weighted by Crippen LogP contribution is -2.25. The molecule has 0 bridgehead atoms. The van der Waals surface area contributed by atoms with Gasteiger partial charge in [-0.2, -0.15) is 5.10 Å². The molecule has 0 saturated carbocycles. The highest BCUT2D eigenvalue weighted by molar-refractivity contribution is 5.78. The number of amides is 1. The van der Waals surface area contributed by atoms with Crippen LogP contribution in [0, 0.1) is 0 Å². The normalized spacial score (nSPS) is 12.9. The molecule has 1 aromatic heterocycles. The maximum atomic E-state index is 12.1. The number of aromatic amines is 1. The fourth-order valence-electron chi connectivity index (χ4n) is 2.84. The van der Waals surface area contributed by atoms with Gasteiger partial charge in [0.1, 0.15) is 12.4 Å². The topological polar surface area (TPSA) is 93.0 Å². The summed E-state index contributed by atoms with van der Waals surface area (Å²) < 4.78 is 5.42. The van der Waals surface area contributed by atoms with Crippen molar-refractivity contribution in [3.05, 3.63) is 46.8 Å². The van der Waals surface area contributed by atoms with Gasteiger partial charge in [0.05, 0.1) is 18.7 Å². The van der Waals surface area contributed by atoms with E-state index >= 15 is 0 Å². The number of benzene rings is 1. The summed E-state index contributed by atoms with van der Waals surface area (Å²) in [6.07, 6.45) is 3.64. The second kappa shape index (κ2) is 7.28. The molecule has 6 nitrogen and oxygen atoms in total. The number of aryl methyl sites for hydroxylation is 1. The van der Waals surface area contributed by atoms with Crippen LogP contribution < -0.4 is 15.8 Å².